The molecule has 70 heavy (non-hydrogen) atoms. The lowest BCUT2D eigenvalue weighted by Crippen LogP contribution is -2.52. The molecule has 18 heteroatoms. The number of hydrogen-bond acceptors (Lipinski definition) is 10. The van der Waals surface area contributed by atoms with E-state index in [1.54, 1.807) is 39.2 Å². The number of ether oxygens (including phenoxy) is 1. The van der Waals surface area contributed by atoms with Gasteiger partial charge >= 0.3 is 11.9 Å². The van der Waals surface area contributed by atoms with Crippen molar-refractivity contribution >= 4 is 45.8 Å². The Hall–Kier alpha value is -5.94. The van der Waals surface area contributed by atoms with Crippen LogP contribution in [0.1, 0.15) is 116 Å². The third-order valence-electron chi connectivity index (χ3n) is 15.6. The van der Waals surface area contributed by atoms with Gasteiger partial charge in [-0.2, -0.15) is 13.2 Å². The maximum absolute atomic E-state index is 13.9. The summed E-state index contributed by atoms with van der Waals surface area (Å²) in [4.78, 5) is 69.7. The molecule has 2 amide bonds. The summed E-state index contributed by atoms with van der Waals surface area (Å²) in [6.07, 6.45) is 6.54. The molecule has 0 radical (unpaired) electrons. The number of alkyl halides is 3. The Kier molecular flexibility index (Phi) is 14.1. The van der Waals surface area contributed by atoms with Crippen molar-refractivity contribution in [1.82, 2.24) is 34.2 Å². The molecule has 1 atom stereocenters. The number of piperazine rings is 1. The van der Waals surface area contributed by atoms with Crippen LogP contribution in [0.2, 0.25) is 5.02 Å². The van der Waals surface area contributed by atoms with Crippen molar-refractivity contribution in [1.29, 1.82) is 0 Å². The van der Waals surface area contributed by atoms with E-state index in [4.69, 9.17) is 22.1 Å². The lowest BCUT2D eigenvalue weighted by molar-refractivity contribution is -0.139. The average molecular weight is 985 g/mol. The highest BCUT2D eigenvalue weighted by Gasteiger charge is 2.40. The molecule has 4 heterocycles. The molecule has 2 aliphatic carbocycles. The summed E-state index contributed by atoms with van der Waals surface area (Å²) in [7, 11) is 1.64. The van der Waals surface area contributed by atoms with Crippen LogP contribution in [0.25, 0.3) is 16.6 Å². The molecular formula is C52H61ClF3N9O5. The van der Waals surface area contributed by atoms with Crippen LogP contribution in [0, 0.1) is 24.2 Å². The van der Waals surface area contributed by atoms with Crippen LogP contribution < -0.4 is 27.0 Å². The van der Waals surface area contributed by atoms with Crippen molar-refractivity contribution < 1.29 is 27.5 Å². The van der Waals surface area contributed by atoms with Crippen LogP contribution in [-0.2, 0) is 11.0 Å². The number of methoxy groups -OCH3 is 1. The summed E-state index contributed by atoms with van der Waals surface area (Å²) < 4.78 is 48.0. The number of amides is 2. The number of aryl methyl sites for hydroxylation is 1. The number of fused-ring (bicyclic) bond motifs is 1. The predicted molar refractivity (Wildman–Crippen MR) is 264 cm³/mol. The van der Waals surface area contributed by atoms with Gasteiger partial charge in [-0.3, -0.25) is 28.8 Å². The van der Waals surface area contributed by atoms with Crippen LogP contribution >= 0.6 is 11.6 Å². The molecule has 14 nitrogen and oxygen atoms in total. The highest BCUT2D eigenvalue weighted by atomic mass is 35.5. The number of halogens is 4. The Morgan fingerprint density at radius 1 is 0.900 bits per heavy atom. The predicted octanol–water partition coefficient (Wildman–Crippen LogP) is 8.74. The van der Waals surface area contributed by atoms with Gasteiger partial charge in [0, 0.05) is 86.7 Å². The number of aromatic nitrogens is 4. The van der Waals surface area contributed by atoms with Crippen LogP contribution in [-0.4, -0.2) is 99.0 Å². The molecule has 5 aromatic rings. The number of nitrogen functional groups attached to an aromatic ring is 1. The Bertz CT molecular complexity index is 2870. The second-order valence-electron chi connectivity index (χ2n) is 20.0. The lowest BCUT2D eigenvalue weighted by Gasteiger charge is -2.47. The molecule has 3 aromatic carbocycles. The number of carbonyl (C=O) groups is 2. The van der Waals surface area contributed by atoms with E-state index in [2.05, 4.69) is 30.1 Å². The number of nitrogens with two attached hydrogens (primary N) is 1. The Labute approximate surface area is 409 Å². The zero-order valence-corrected chi connectivity index (χ0v) is 40.7. The first-order valence-electron chi connectivity index (χ1n) is 24.5. The molecule has 2 saturated heterocycles. The first-order chi connectivity index (χ1) is 33.5. The van der Waals surface area contributed by atoms with E-state index in [1.165, 1.54) is 22.9 Å². The molecule has 1 spiro atoms. The normalized spacial score (nSPS) is 20.7. The molecule has 4 fully saturated rings. The van der Waals surface area contributed by atoms with Gasteiger partial charge in [0.25, 0.3) is 11.5 Å². The van der Waals surface area contributed by atoms with Crippen LogP contribution in [0.5, 0.6) is 5.75 Å². The van der Waals surface area contributed by atoms with E-state index in [-0.39, 0.29) is 34.8 Å². The molecule has 0 unspecified atom stereocenters. The minimum absolute atomic E-state index is 0.0309. The standard InChI is InChI=1S/C52H61ClF3N9O5/c1-31(37-24-38(52(54,55)56)27-39(57)25-37)58-47-41-28-40(45(70-3)29-43(41)59-32(2)60-47)34-4-6-35(7-5-34)48(67)64-22-20-62(21-23-64)30-33-10-13-51(14-11-33)15-18-63(19-16-51)49(68)36-8-9-42(53)44(26-36)65-17-12-46(66)61-50(65)69/h8-9,12,17,24-29,31,33-35H,4-7,10-11,13-16,18-23,30,57H2,1-3H3,(H,58,59,60)(H,61,66,69)/t31-,34?,35?/m1/s1. The van der Waals surface area contributed by atoms with Crippen molar-refractivity contribution in [3.63, 3.8) is 0 Å². The number of rotatable bonds is 10. The minimum Gasteiger partial charge on any atom is -0.496 e. The fourth-order valence-corrected chi connectivity index (χ4v) is 11.7. The van der Waals surface area contributed by atoms with Crippen molar-refractivity contribution in [2.75, 3.05) is 64.0 Å². The number of nitrogens with one attached hydrogen (secondary N) is 2. The molecule has 2 aromatic heterocycles. The molecular weight excluding hydrogens is 923 g/mol. The summed E-state index contributed by atoms with van der Waals surface area (Å²) >= 11 is 6.41. The third kappa shape index (κ3) is 10.6. The number of H-pyrrole nitrogens is 1. The van der Waals surface area contributed by atoms with Crippen molar-refractivity contribution in [2.45, 2.75) is 96.2 Å². The van der Waals surface area contributed by atoms with Crippen molar-refractivity contribution in [3.05, 3.63) is 115 Å². The Balaban J connectivity index is 0.741. The fourth-order valence-electron chi connectivity index (χ4n) is 11.5. The third-order valence-corrected chi connectivity index (χ3v) is 15.9. The topological polar surface area (TPSA) is 172 Å². The fraction of sp³-hybridized carbons (Fsp3) is 0.500. The van der Waals surface area contributed by atoms with Crippen LogP contribution in [0.4, 0.5) is 24.7 Å². The summed E-state index contributed by atoms with van der Waals surface area (Å²) in [6, 6.07) is 13.1. The van der Waals surface area contributed by atoms with Gasteiger partial charge in [0.15, 0.2) is 0 Å². The average Bonchev–Trinajstić information content (AvgIpc) is 3.34. The largest absolute Gasteiger partial charge is 0.496 e. The summed E-state index contributed by atoms with van der Waals surface area (Å²) in [5.41, 5.74) is 7.06. The second-order valence-corrected chi connectivity index (χ2v) is 20.4. The van der Waals surface area contributed by atoms with Gasteiger partial charge < -0.3 is 25.6 Å². The van der Waals surface area contributed by atoms with Gasteiger partial charge in [-0.25, -0.2) is 14.8 Å². The molecule has 9 rings (SSSR count). The molecule has 4 aliphatic rings. The van der Waals surface area contributed by atoms with E-state index in [9.17, 15) is 32.3 Å². The molecule has 2 aliphatic heterocycles. The van der Waals surface area contributed by atoms with E-state index < -0.39 is 29.0 Å². The monoisotopic (exact) mass is 983 g/mol. The highest BCUT2D eigenvalue weighted by Crippen LogP contribution is 2.47. The zero-order chi connectivity index (χ0) is 49.5. The SMILES string of the molecule is COc1cc2nc(C)nc(N[C@H](C)c3cc(N)cc(C(F)(F)F)c3)c2cc1C1CCC(C(=O)N2CCN(CC3CCC4(CC3)CCN(C(=O)c3ccc(Cl)c(-n5ccc(=O)[nH]c5=O)c3)CC4)CC2)CC1. The van der Waals surface area contributed by atoms with Gasteiger partial charge in [0.2, 0.25) is 5.91 Å². The van der Waals surface area contributed by atoms with Gasteiger partial charge in [0.05, 0.1) is 34.9 Å². The number of likely N-dealkylation sites (tertiary alicyclic amines) is 1. The zero-order valence-electron chi connectivity index (χ0n) is 39.9. The second kappa shape index (κ2) is 20.1. The van der Waals surface area contributed by atoms with E-state index >= 15 is 0 Å². The maximum Gasteiger partial charge on any atom is 0.416 e. The first-order valence-corrected chi connectivity index (χ1v) is 24.9. The molecule has 2 saturated carbocycles. The summed E-state index contributed by atoms with van der Waals surface area (Å²) in [6.45, 7) is 9.15. The maximum atomic E-state index is 13.9. The van der Waals surface area contributed by atoms with E-state index in [1.807, 2.05) is 17.0 Å². The summed E-state index contributed by atoms with van der Waals surface area (Å²) in [5, 5.41) is 4.37. The quantitative estimate of drug-likeness (QED) is 0.115. The number of piperidine rings is 1. The number of hydrogen-bond donors (Lipinski definition) is 3. The van der Waals surface area contributed by atoms with Gasteiger partial charge in [-0.15, -0.1) is 0 Å². The Morgan fingerprint density at radius 2 is 1.61 bits per heavy atom. The number of benzene rings is 3. The molecule has 372 valence electrons. The minimum atomic E-state index is -4.53. The number of anilines is 2. The van der Waals surface area contributed by atoms with Crippen molar-refractivity contribution in [3.8, 4) is 11.4 Å². The number of aromatic amines is 1. The Morgan fingerprint density at radius 3 is 2.29 bits per heavy atom. The van der Waals surface area contributed by atoms with Crippen LogP contribution in [0.15, 0.2) is 70.4 Å². The van der Waals surface area contributed by atoms with Gasteiger partial charge in [-0.1, -0.05) is 11.6 Å². The van der Waals surface area contributed by atoms with E-state index in [0.29, 0.717) is 63.8 Å². The highest BCUT2D eigenvalue weighted by molar-refractivity contribution is 6.32. The summed E-state index contributed by atoms with van der Waals surface area (Å²) in [5.74, 6) is 2.60. The van der Waals surface area contributed by atoms with Gasteiger partial charge in [-0.05, 0) is 149 Å². The molecule has 4 N–H and O–H groups in total. The van der Waals surface area contributed by atoms with E-state index in [0.717, 1.165) is 120 Å². The number of nitrogens with zero attached hydrogens (tertiary/aromatic N) is 6. The molecule has 0 bridgehead atoms. The van der Waals surface area contributed by atoms with Gasteiger partial charge in [0.1, 0.15) is 17.4 Å². The smallest absolute Gasteiger partial charge is 0.416 e. The lowest BCUT2D eigenvalue weighted by atomic mass is 9.65. The number of carbonyl (C=O) groups excluding carboxylic acids is 2. The van der Waals surface area contributed by atoms with Crippen molar-refractivity contribution in [2.24, 2.45) is 17.3 Å². The van der Waals surface area contributed by atoms with Crippen LogP contribution in [0.3, 0.4) is 0 Å². The first kappa shape index (κ1) is 49.1.